The van der Waals surface area contributed by atoms with Gasteiger partial charge in [0.25, 0.3) is 0 Å². The van der Waals surface area contributed by atoms with Crippen molar-refractivity contribution in [1.82, 2.24) is 5.32 Å². The first-order valence-corrected chi connectivity index (χ1v) is 12.1. The summed E-state index contributed by atoms with van der Waals surface area (Å²) in [7, 11) is 1.56. The summed E-state index contributed by atoms with van der Waals surface area (Å²) in [5.74, 6) is 0.692. The van der Waals surface area contributed by atoms with Crippen LogP contribution in [-0.4, -0.2) is 44.8 Å². The Labute approximate surface area is 209 Å². The molecule has 2 aromatic rings. The maximum Gasteiger partial charge on any atom is 0.311 e. The average molecular weight is 485 g/mol. The highest BCUT2D eigenvalue weighted by atomic mass is 16.5. The first-order valence-electron chi connectivity index (χ1n) is 12.1. The van der Waals surface area contributed by atoms with E-state index in [2.05, 4.69) is 37.4 Å². The lowest BCUT2D eigenvalue weighted by atomic mass is 9.97. The maximum atomic E-state index is 12.9. The van der Waals surface area contributed by atoms with Gasteiger partial charge in [0.15, 0.2) is 11.5 Å². The molecule has 7 heteroatoms. The highest BCUT2D eigenvalue weighted by molar-refractivity contribution is 5.79. The second-order valence-corrected chi connectivity index (χ2v) is 9.87. The summed E-state index contributed by atoms with van der Waals surface area (Å²) in [6.45, 7) is 10.5. The van der Waals surface area contributed by atoms with Gasteiger partial charge in [-0.3, -0.25) is 9.59 Å². The number of methoxy groups -OCH3 is 1. The number of amides is 1. The van der Waals surface area contributed by atoms with E-state index in [-0.39, 0.29) is 30.9 Å². The van der Waals surface area contributed by atoms with Crippen LogP contribution in [0.25, 0.3) is 0 Å². The van der Waals surface area contributed by atoms with Crippen LogP contribution in [0, 0.1) is 19.3 Å². The van der Waals surface area contributed by atoms with Gasteiger partial charge in [-0.15, -0.1) is 0 Å². The van der Waals surface area contributed by atoms with Crippen molar-refractivity contribution < 1.29 is 23.8 Å². The molecule has 3 N–H and O–H groups in total. The molecule has 0 bridgehead atoms. The minimum Gasteiger partial charge on any atom is -0.493 e. The van der Waals surface area contributed by atoms with E-state index in [1.165, 1.54) is 16.7 Å². The van der Waals surface area contributed by atoms with E-state index in [1.54, 1.807) is 19.2 Å². The molecule has 0 radical (unpaired) electrons. The molecule has 0 fully saturated rings. The average Bonchev–Trinajstić information content (AvgIpc) is 2.81. The van der Waals surface area contributed by atoms with Crippen molar-refractivity contribution in [2.75, 3.05) is 26.9 Å². The molecular weight excluding hydrogens is 444 g/mol. The molecule has 0 spiro atoms. The van der Waals surface area contributed by atoms with Crippen LogP contribution in [0.1, 0.15) is 49.4 Å². The van der Waals surface area contributed by atoms with Crippen molar-refractivity contribution in [1.29, 1.82) is 0 Å². The fourth-order valence-corrected chi connectivity index (χ4v) is 3.46. The van der Waals surface area contributed by atoms with Crippen LogP contribution < -0.4 is 20.5 Å². The highest BCUT2D eigenvalue weighted by Crippen LogP contribution is 2.28. The van der Waals surface area contributed by atoms with Gasteiger partial charge in [-0.25, -0.2) is 0 Å². The molecule has 0 aliphatic carbocycles. The minimum absolute atomic E-state index is 0.127. The van der Waals surface area contributed by atoms with Gasteiger partial charge in [0.05, 0.1) is 25.0 Å². The smallest absolute Gasteiger partial charge is 0.311 e. The van der Waals surface area contributed by atoms with E-state index in [0.717, 1.165) is 12.0 Å². The Kier molecular flexibility index (Phi) is 10.6. The monoisotopic (exact) mass is 484 g/mol. The summed E-state index contributed by atoms with van der Waals surface area (Å²) in [6, 6.07) is 11.5. The van der Waals surface area contributed by atoms with Gasteiger partial charge in [-0.05, 0) is 81.8 Å². The van der Waals surface area contributed by atoms with Crippen molar-refractivity contribution in [3.63, 3.8) is 0 Å². The number of nitrogens with two attached hydrogens (primary N) is 1. The largest absolute Gasteiger partial charge is 0.493 e. The van der Waals surface area contributed by atoms with E-state index in [0.29, 0.717) is 31.1 Å². The molecule has 0 heterocycles. The van der Waals surface area contributed by atoms with Crippen molar-refractivity contribution in [3.8, 4) is 11.5 Å². The Balaban J connectivity index is 2.06. The van der Waals surface area contributed by atoms with Crippen LogP contribution in [0.4, 0.5) is 0 Å². The van der Waals surface area contributed by atoms with E-state index in [4.69, 9.17) is 19.9 Å². The Hall–Kier alpha value is -3.06. The van der Waals surface area contributed by atoms with E-state index < -0.39 is 5.41 Å². The van der Waals surface area contributed by atoms with Crippen LogP contribution >= 0.6 is 0 Å². The van der Waals surface area contributed by atoms with Crippen LogP contribution in [0.15, 0.2) is 36.4 Å². The molecule has 0 aliphatic rings. The third kappa shape index (κ3) is 9.25. The van der Waals surface area contributed by atoms with Crippen molar-refractivity contribution in [3.05, 3.63) is 58.7 Å². The van der Waals surface area contributed by atoms with Crippen molar-refractivity contribution in [2.24, 2.45) is 11.1 Å². The number of esters is 1. The fourth-order valence-electron chi connectivity index (χ4n) is 3.46. The van der Waals surface area contributed by atoms with Gasteiger partial charge in [0, 0.05) is 6.54 Å². The Morgan fingerprint density at radius 2 is 1.71 bits per heavy atom. The van der Waals surface area contributed by atoms with Crippen LogP contribution in [0.5, 0.6) is 11.5 Å². The van der Waals surface area contributed by atoms with Crippen molar-refractivity contribution in [2.45, 2.75) is 59.9 Å². The Bertz CT molecular complexity index is 997. The first-order chi connectivity index (χ1) is 16.5. The van der Waals surface area contributed by atoms with E-state index >= 15 is 0 Å². The Morgan fingerprint density at radius 1 is 1.00 bits per heavy atom. The van der Waals surface area contributed by atoms with Gasteiger partial charge >= 0.3 is 5.97 Å². The molecule has 7 nitrogen and oxygen atoms in total. The predicted molar refractivity (Wildman–Crippen MR) is 138 cm³/mol. The molecule has 2 aromatic carbocycles. The zero-order valence-electron chi connectivity index (χ0n) is 21.9. The zero-order valence-corrected chi connectivity index (χ0v) is 21.9. The number of carbonyl (C=O) groups is 2. The number of carbonyl (C=O) groups excluding carboxylic acids is 2. The number of aryl methyl sites for hydroxylation is 3. The molecule has 0 aromatic heterocycles. The molecule has 0 saturated carbocycles. The summed E-state index contributed by atoms with van der Waals surface area (Å²) in [5, 5.41) is 3.05. The molecule has 0 aliphatic heterocycles. The van der Waals surface area contributed by atoms with Crippen LogP contribution in [0.3, 0.4) is 0 Å². The number of nitrogens with one attached hydrogen (secondary N) is 1. The fraction of sp³-hybridized carbons (Fsp3) is 0.500. The van der Waals surface area contributed by atoms with Crippen molar-refractivity contribution >= 4 is 11.9 Å². The van der Waals surface area contributed by atoms with Crippen LogP contribution in [-0.2, 0) is 27.2 Å². The van der Waals surface area contributed by atoms with Crippen LogP contribution in [0.2, 0.25) is 0 Å². The lowest BCUT2D eigenvalue weighted by molar-refractivity contribution is -0.154. The molecule has 1 atom stereocenters. The topological polar surface area (TPSA) is 99.9 Å². The zero-order chi connectivity index (χ0) is 26.0. The van der Waals surface area contributed by atoms with E-state index in [9.17, 15) is 9.59 Å². The quantitative estimate of drug-likeness (QED) is 0.443. The lowest BCUT2D eigenvalue weighted by Gasteiger charge is -2.22. The summed E-state index contributed by atoms with van der Waals surface area (Å²) >= 11 is 0. The highest BCUT2D eigenvalue weighted by Gasteiger charge is 2.25. The third-order valence-corrected chi connectivity index (χ3v) is 5.71. The predicted octanol–water partition coefficient (Wildman–Crippen LogP) is 3.90. The van der Waals surface area contributed by atoms with Gasteiger partial charge in [-0.1, -0.05) is 24.3 Å². The number of hydrogen-bond acceptors (Lipinski definition) is 6. The summed E-state index contributed by atoms with van der Waals surface area (Å²) in [4.78, 5) is 25.2. The lowest BCUT2D eigenvalue weighted by Crippen LogP contribution is -2.41. The Morgan fingerprint density at radius 3 is 2.34 bits per heavy atom. The minimum atomic E-state index is -0.604. The third-order valence-electron chi connectivity index (χ3n) is 5.71. The molecule has 192 valence electrons. The summed E-state index contributed by atoms with van der Waals surface area (Å²) < 4.78 is 16.5. The van der Waals surface area contributed by atoms with Gasteiger partial charge < -0.3 is 25.3 Å². The molecule has 0 saturated heterocycles. The maximum absolute atomic E-state index is 12.9. The number of ether oxygens (including phenoxy) is 3. The standard InChI is InChI=1S/C28H40N2O5/c1-19-7-8-21(15-20(19)2)9-11-23(18-35-27(32)28(3,4)5)30-26(31)17-22-10-12-24(34-14-13-29)25(16-22)33-6/h7-8,10,12,15-16,23H,9,11,13-14,17-18,29H2,1-6H3,(H,30,31). The molecule has 2 rings (SSSR count). The number of rotatable bonds is 12. The molecule has 35 heavy (non-hydrogen) atoms. The normalized spacial score (nSPS) is 12.1. The molecule has 1 amide bonds. The summed E-state index contributed by atoms with van der Waals surface area (Å²) in [6.07, 6.45) is 1.59. The molecular formula is C28H40N2O5. The second-order valence-electron chi connectivity index (χ2n) is 9.87. The number of hydrogen-bond donors (Lipinski definition) is 2. The number of benzene rings is 2. The van der Waals surface area contributed by atoms with E-state index in [1.807, 2.05) is 26.8 Å². The first kappa shape index (κ1) is 28.2. The second kappa shape index (κ2) is 13.1. The summed E-state index contributed by atoms with van der Waals surface area (Å²) in [5.41, 5.74) is 9.35. The SMILES string of the molecule is COc1cc(CC(=O)NC(CCc2ccc(C)c(C)c2)COC(=O)C(C)(C)C)ccc1OCCN. The molecule has 1 unspecified atom stereocenters. The van der Waals surface area contributed by atoms with Gasteiger partial charge in [-0.2, -0.15) is 0 Å². The van der Waals surface area contributed by atoms with Gasteiger partial charge in [0.1, 0.15) is 13.2 Å². The van der Waals surface area contributed by atoms with Gasteiger partial charge in [0.2, 0.25) is 5.91 Å².